The number of para-hydroxylation sites is 1. The molecule has 0 unspecified atom stereocenters. The van der Waals surface area contributed by atoms with Gasteiger partial charge in [-0.05, 0) is 25.5 Å². The van der Waals surface area contributed by atoms with Crippen molar-refractivity contribution in [3.63, 3.8) is 0 Å². The van der Waals surface area contributed by atoms with Crippen LogP contribution in [-0.2, 0) is 16.1 Å². The van der Waals surface area contributed by atoms with E-state index in [-0.39, 0.29) is 11.5 Å². The molecule has 1 atom stereocenters. The van der Waals surface area contributed by atoms with Crippen molar-refractivity contribution >= 4 is 34.4 Å². The number of fused-ring (bicyclic) bond motifs is 3. The quantitative estimate of drug-likeness (QED) is 0.520. The molecule has 24 heavy (non-hydrogen) atoms. The van der Waals surface area contributed by atoms with E-state index in [9.17, 15) is 9.59 Å². The lowest BCUT2D eigenvalue weighted by atomic mass is 10.2. The number of benzene rings is 1. The van der Waals surface area contributed by atoms with E-state index in [4.69, 9.17) is 4.74 Å². The summed E-state index contributed by atoms with van der Waals surface area (Å²) in [5.74, 6) is 0.156. The largest absolute Gasteiger partial charge is 0.468 e. The molecule has 0 aliphatic heterocycles. The molecule has 0 N–H and O–H groups in total. The number of hydrogen-bond donors (Lipinski definition) is 0. The van der Waals surface area contributed by atoms with Crippen molar-refractivity contribution in [3.8, 4) is 0 Å². The molecule has 126 valence electrons. The molecule has 0 radical (unpaired) electrons. The van der Waals surface area contributed by atoms with E-state index in [1.54, 1.807) is 17.6 Å². The smallest absolute Gasteiger partial charge is 0.318 e. The molecule has 2 aromatic heterocycles. The highest BCUT2D eigenvalue weighted by molar-refractivity contribution is 8.00. The molecule has 1 aromatic carbocycles. The number of carbonyl (C=O) groups is 1. The summed E-state index contributed by atoms with van der Waals surface area (Å²) in [5, 5.41) is 9.12. The van der Waals surface area contributed by atoms with E-state index in [1.165, 1.54) is 18.9 Å². The van der Waals surface area contributed by atoms with Crippen LogP contribution in [0.3, 0.4) is 0 Å². The van der Waals surface area contributed by atoms with Crippen LogP contribution >= 0.6 is 11.8 Å². The Kier molecular flexibility index (Phi) is 4.57. The fourth-order valence-electron chi connectivity index (χ4n) is 2.61. The number of carbonyl (C=O) groups excluding carboxylic acids is 1. The van der Waals surface area contributed by atoms with Crippen LogP contribution in [0.25, 0.3) is 16.7 Å². The lowest BCUT2D eigenvalue weighted by molar-refractivity contribution is -0.139. The lowest BCUT2D eigenvalue weighted by Gasteiger charge is -2.11. The summed E-state index contributed by atoms with van der Waals surface area (Å²) in [7, 11) is 1.36. The number of thioether (sulfide) groups is 1. The molecule has 2 heterocycles. The van der Waals surface area contributed by atoms with Crippen molar-refractivity contribution in [2.75, 3.05) is 7.11 Å². The molecule has 0 bridgehead atoms. The molecule has 0 saturated heterocycles. The van der Waals surface area contributed by atoms with Crippen molar-refractivity contribution in [1.29, 1.82) is 0 Å². The van der Waals surface area contributed by atoms with Gasteiger partial charge < -0.3 is 4.74 Å². The Hall–Kier alpha value is -2.35. The van der Waals surface area contributed by atoms with Crippen LogP contribution in [0.4, 0.5) is 0 Å². The van der Waals surface area contributed by atoms with Gasteiger partial charge in [0.1, 0.15) is 5.25 Å². The zero-order valence-electron chi connectivity index (χ0n) is 13.7. The molecule has 3 rings (SSSR count). The van der Waals surface area contributed by atoms with Gasteiger partial charge >= 0.3 is 5.97 Å². The second kappa shape index (κ2) is 6.64. The van der Waals surface area contributed by atoms with E-state index >= 15 is 0 Å². The van der Waals surface area contributed by atoms with Crippen molar-refractivity contribution in [3.05, 3.63) is 34.6 Å². The van der Waals surface area contributed by atoms with Gasteiger partial charge in [-0.15, -0.1) is 10.2 Å². The highest BCUT2D eigenvalue weighted by Gasteiger charge is 2.21. The Bertz CT molecular complexity index is 963. The Morgan fingerprint density at radius 3 is 2.79 bits per heavy atom. The third-order valence-corrected chi connectivity index (χ3v) is 4.76. The van der Waals surface area contributed by atoms with Gasteiger partial charge in [0.25, 0.3) is 5.56 Å². The fraction of sp³-hybridized carbons (Fsp3) is 0.375. The summed E-state index contributed by atoms with van der Waals surface area (Å²) in [6.07, 6.45) is 0.807. The molecule has 8 heteroatoms. The van der Waals surface area contributed by atoms with Gasteiger partial charge in [0.05, 0.1) is 18.0 Å². The normalized spacial score (nSPS) is 12.6. The van der Waals surface area contributed by atoms with Gasteiger partial charge in [0.15, 0.2) is 5.16 Å². The van der Waals surface area contributed by atoms with Gasteiger partial charge in [-0.3, -0.25) is 18.6 Å². The standard InChI is InChI=1S/C16H18N4O3S/c1-4-9-19-13(21)11-7-5-6-8-12(11)20-15(19)17-18-16(20)24-10(2)14(22)23-3/h5-8,10H,4,9H2,1-3H3/t10-/m1/s1. The van der Waals surface area contributed by atoms with Gasteiger partial charge in [-0.2, -0.15) is 0 Å². The van der Waals surface area contributed by atoms with Gasteiger partial charge in [0.2, 0.25) is 5.78 Å². The third kappa shape index (κ3) is 2.66. The van der Waals surface area contributed by atoms with Gasteiger partial charge in [0, 0.05) is 6.54 Å². The highest BCUT2D eigenvalue weighted by Crippen LogP contribution is 2.25. The minimum absolute atomic E-state index is 0.0788. The van der Waals surface area contributed by atoms with Crippen LogP contribution in [-0.4, -0.2) is 37.5 Å². The van der Waals surface area contributed by atoms with E-state index in [2.05, 4.69) is 10.2 Å². The molecule has 0 saturated carbocycles. The maximum atomic E-state index is 12.7. The van der Waals surface area contributed by atoms with E-state index in [0.717, 1.165) is 11.9 Å². The summed E-state index contributed by atoms with van der Waals surface area (Å²) >= 11 is 1.26. The SMILES string of the molecule is CCCn1c(=O)c2ccccc2n2c(S[C@H](C)C(=O)OC)nnc12. The monoisotopic (exact) mass is 346 g/mol. The van der Waals surface area contributed by atoms with Crippen molar-refractivity contribution in [1.82, 2.24) is 19.2 Å². The minimum atomic E-state index is -0.423. The minimum Gasteiger partial charge on any atom is -0.468 e. The Labute approximate surface area is 142 Å². The number of aromatic nitrogens is 4. The van der Waals surface area contributed by atoms with Crippen LogP contribution in [0, 0.1) is 0 Å². The van der Waals surface area contributed by atoms with E-state index in [0.29, 0.717) is 22.9 Å². The number of hydrogen-bond acceptors (Lipinski definition) is 6. The summed E-state index contributed by atoms with van der Waals surface area (Å²) in [5.41, 5.74) is 0.652. The average Bonchev–Trinajstić information content (AvgIpc) is 3.01. The Morgan fingerprint density at radius 1 is 1.33 bits per heavy atom. The average molecular weight is 346 g/mol. The van der Waals surface area contributed by atoms with Crippen molar-refractivity contribution in [2.45, 2.75) is 37.2 Å². The lowest BCUT2D eigenvalue weighted by Crippen LogP contribution is -2.23. The number of rotatable bonds is 5. The third-order valence-electron chi connectivity index (χ3n) is 3.74. The zero-order chi connectivity index (χ0) is 17.3. The fourth-order valence-corrected chi connectivity index (χ4v) is 3.49. The molecule has 0 aliphatic rings. The van der Waals surface area contributed by atoms with E-state index < -0.39 is 5.25 Å². The Morgan fingerprint density at radius 2 is 2.08 bits per heavy atom. The first kappa shape index (κ1) is 16.5. The molecule has 0 spiro atoms. The zero-order valence-corrected chi connectivity index (χ0v) is 14.5. The maximum absolute atomic E-state index is 12.7. The number of methoxy groups -OCH3 is 1. The topological polar surface area (TPSA) is 78.5 Å². The second-order valence-corrected chi connectivity index (χ2v) is 6.68. The van der Waals surface area contributed by atoms with Crippen LogP contribution in [0.15, 0.2) is 34.2 Å². The molecule has 7 nitrogen and oxygen atoms in total. The van der Waals surface area contributed by atoms with Gasteiger partial charge in [-0.1, -0.05) is 30.8 Å². The summed E-state index contributed by atoms with van der Waals surface area (Å²) < 4.78 is 8.23. The van der Waals surface area contributed by atoms with Crippen LogP contribution in [0.1, 0.15) is 20.3 Å². The first-order valence-electron chi connectivity index (χ1n) is 7.69. The number of esters is 1. The van der Waals surface area contributed by atoms with Crippen LogP contribution < -0.4 is 5.56 Å². The number of aryl methyl sites for hydroxylation is 1. The van der Waals surface area contributed by atoms with Gasteiger partial charge in [-0.25, -0.2) is 0 Å². The van der Waals surface area contributed by atoms with Crippen molar-refractivity contribution < 1.29 is 9.53 Å². The van der Waals surface area contributed by atoms with Crippen molar-refractivity contribution in [2.24, 2.45) is 0 Å². The molecular formula is C16H18N4O3S. The first-order chi connectivity index (χ1) is 11.6. The molecule has 3 aromatic rings. The van der Waals surface area contributed by atoms with Crippen LogP contribution in [0.2, 0.25) is 0 Å². The van der Waals surface area contributed by atoms with Crippen LogP contribution in [0.5, 0.6) is 0 Å². The summed E-state index contributed by atoms with van der Waals surface area (Å²) in [6.45, 7) is 4.31. The van der Waals surface area contributed by atoms with E-state index in [1.807, 2.05) is 29.5 Å². The molecule has 0 aliphatic carbocycles. The first-order valence-corrected chi connectivity index (χ1v) is 8.57. The number of ether oxygens (including phenoxy) is 1. The Balaban J connectivity index is 2.27. The summed E-state index contributed by atoms with van der Waals surface area (Å²) in [6, 6.07) is 7.35. The molecule has 0 amide bonds. The highest BCUT2D eigenvalue weighted by atomic mass is 32.2. The maximum Gasteiger partial charge on any atom is 0.318 e. The predicted octanol–water partition coefficient (Wildman–Crippen LogP) is 2.11. The predicted molar refractivity (Wildman–Crippen MR) is 92.4 cm³/mol. The molecular weight excluding hydrogens is 328 g/mol. The second-order valence-electron chi connectivity index (χ2n) is 5.38. The molecule has 0 fully saturated rings. The number of nitrogens with zero attached hydrogens (tertiary/aromatic N) is 4. The summed E-state index contributed by atoms with van der Waals surface area (Å²) in [4.78, 5) is 24.4.